The quantitative estimate of drug-likeness (QED) is 0.826. The molecule has 0 bridgehead atoms. The molecule has 0 spiro atoms. The second-order valence-corrected chi connectivity index (χ2v) is 8.25. The summed E-state index contributed by atoms with van der Waals surface area (Å²) in [5, 5.41) is 9.48. The smallest absolute Gasteiger partial charge is 0.310 e. The molecule has 2 fully saturated rings. The minimum Gasteiger partial charge on any atom is -0.481 e. The summed E-state index contributed by atoms with van der Waals surface area (Å²) < 4.78 is 29.4. The van der Waals surface area contributed by atoms with Crippen molar-refractivity contribution in [3.05, 3.63) is 0 Å². The molecule has 0 amide bonds. The number of carboxylic acids is 1. The monoisotopic (exact) mass is 318 g/mol. The van der Waals surface area contributed by atoms with Gasteiger partial charge in [-0.25, -0.2) is 0 Å². The summed E-state index contributed by atoms with van der Waals surface area (Å²) in [6, 6.07) is -0.543. The van der Waals surface area contributed by atoms with Gasteiger partial charge >= 0.3 is 5.97 Å². The van der Waals surface area contributed by atoms with Gasteiger partial charge in [0.1, 0.15) is 0 Å². The molecule has 1 saturated carbocycles. The number of carbonyl (C=O) groups is 1. The average molecular weight is 318 g/mol. The average Bonchev–Trinajstić information content (AvgIpc) is 2.41. The third kappa shape index (κ3) is 3.40. The highest BCUT2D eigenvalue weighted by molar-refractivity contribution is 7.87. The van der Waals surface area contributed by atoms with Crippen LogP contribution in [0.15, 0.2) is 0 Å². The highest BCUT2D eigenvalue weighted by Gasteiger charge is 2.46. The van der Waals surface area contributed by atoms with E-state index in [1.807, 2.05) is 6.92 Å². The van der Waals surface area contributed by atoms with E-state index in [9.17, 15) is 18.3 Å². The summed E-state index contributed by atoms with van der Waals surface area (Å²) in [6.07, 6.45) is 5.58. The van der Waals surface area contributed by atoms with Crippen LogP contribution in [0, 0.1) is 5.41 Å². The summed E-state index contributed by atoms with van der Waals surface area (Å²) in [4.78, 5) is 11.6. The molecule has 2 N–H and O–H groups in total. The van der Waals surface area contributed by atoms with Gasteiger partial charge in [-0.15, -0.1) is 0 Å². The molecule has 6 nitrogen and oxygen atoms in total. The predicted octanol–water partition coefficient (Wildman–Crippen LogP) is 1.73. The first-order valence-corrected chi connectivity index (χ1v) is 9.24. The van der Waals surface area contributed by atoms with Gasteiger partial charge in [-0.3, -0.25) is 4.79 Å². The second kappa shape index (κ2) is 6.22. The Balaban J connectivity index is 2.16. The minimum absolute atomic E-state index is 0.0177. The molecular weight excluding hydrogens is 292 g/mol. The van der Waals surface area contributed by atoms with Crippen LogP contribution in [0.4, 0.5) is 0 Å². The summed E-state index contributed by atoms with van der Waals surface area (Å²) >= 11 is 0. The number of nitrogens with zero attached hydrogens (tertiary/aromatic N) is 1. The standard InChI is InChI=1S/C14H26N2O4S/c1-11-7-4-6-10-16(11)21(19,20)15-12-8-3-5-9-14(12,2)13(17)18/h11-12,15H,3-10H2,1-2H3,(H,17,18). The number of hydrogen-bond donors (Lipinski definition) is 2. The van der Waals surface area contributed by atoms with Crippen molar-refractivity contribution in [1.29, 1.82) is 0 Å². The number of piperidine rings is 1. The molecule has 1 saturated heterocycles. The van der Waals surface area contributed by atoms with Crippen LogP contribution in [0.3, 0.4) is 0 Å². The summed E-state index contributed by atoms with van der Waals surface area (Å²) in [5.41, 5.74) is -1.01. The Morgan fingerprint density at radius 2 is 1.90 bits per heavy atom. The maximum atomic E-state index is 12.6. The summed E-state index contributed by atoms with van der Waals surface area (Å²) in [7, 11) is -3.62. The minimum atomic E-state index is -3.62. The van der Waals surface area contributed by atoms with Crippen LogP contribution in [0.1, 0.15) is 58.8 Å². The van der Waals surface area contributed by atoms with Gasteiger partial charge in [0.05, 0.1) is 5.41 Å². The van der Waals surface area contributed by atoms with E-state index in [4.69, 9.17) is 0 Å². The van der Waals surface area contributed by atoms with Crippen molar-refractivity contribution in [2.24, 2.45) is 5.41 Å². The van der Waals surface area contributed by atoms with Gasteiger partial charge in [0, 0.05) is 18.6 Å². The predicted molar refractivity (Wildman–Crippen MR) is 80.1 cm³/mol. The van der Waals surface area contributed by atoms with Crippen molar-refractivity contribution in [3.63, 3.8) is 0 Å². The number of carboxylic acid groups (broad SMARTS) is 1. The topological polar surface area (TPSA) is 86.7 Å². The van der Waals surface area contributed by atoms with Crippen LogP contribution in [0.5, 0.6) is 0 Å². The third-order valence-corrected chi connectivity index (χ3v) is 6.78. The van der Waals surface area contributed by atoms with E-state index in [0.717, 1.165) is 32.1 Å². The molecule has 3 unspecified atom stereocenters. The summed E-state index contributed by atoms with van der Waals surface area (Å²) in [6.45, 7) is 4.09. The molecule has 0 aromatic heterocycles. The third-order valence-electron chi connectivity index (χ3n) is 5.04. The van der Waals surface area contributed by atoms with Crippen molar-refractivity contribution in [3.8, 4) is 0 Å². The van der Waals surface area contributed by atoms with E-state index in [0.29, 0.717) is 19.4 Å². The van der Waals surface area contributed by atoms with Gasteiger partial charge in [0.2, 0.25) is 0 Å². The number of aliphatic carboxylic acids is 1. The van der Waals surface area contributed by atoms with Gasteiger partial charge in [-0.2, -0.15) is 17.4 Å². The molecule has 1 heterocycles. The van der Waals surface area contributed by atoms with Crippen LogP contribution in [-0.2, 0) is 15.0 Å². The largest absolute Gasteiger partial charge is 0.481 e. The normalized spacial score (nSPS) is 35.5. The van der Waals surface area contributed by atoms with Crippen LogP contribution in [0.2, 0.25) is 0 Å². The molecule has 122 valence electrons. The zero-order chi connectivity index (χ0) is 15.7. The van der Waals surface area contributed by atoms with E-state index in [-0.39, 0.29) is 6.04 Å². The van der Waals surface area contributed by atoms with Crippen molar-refractivity contribution in [1.82, 2.24) is 9.03 Å². The highest BCUT2D eigenvalue weighted by Crippen LogP contribution is 2.37. The van der Waals surface area contributed by atoms with Gasteiger partial charge in [0.25, 0.3) is 10.2 Å². The van der Waals surface area contributed by atoms with E-state index >= 15 is 0 Å². The molecule has 2 aliphatic rings. The first-order chi connectivity index (χ1) is 9.77. The fourth-order valence-corrected chi connectivity index (χ4v) is 5.28. The molecule has 7 heteroatoms. The van der Waals surface area contributed by atoms with E-state index in [1.54, 1.807) is 6.92 Å². The number of nitrogens with one attached hydrogen (secondary N) is 1. The van der Waals surface area contributed by atoms with Crippen molar-refractivity contribution < 1.29 is 18.3 Å². The Bertz CT molecular complexity index is 493. The first kappa shape index (κ1) is 16.7. The van der Waals surface area contributed by atoms with Crippen LogP contribution >= 0.6 is 0 Å². The molecule has 0 radical (unpaired) electrons. The first-order valence-electron chi connectivity index (χ1n) is 7.80. The molecule has 1 aliphatic heterocycles. The van der Waals surface area contributed by atoms with E-state index < -0.39 is 27.6 Å². The molecule has 0 aromatic rings. The lowest BCUT2D eigenvalue weighted by Gasteiger charge is -2.40. The van der Waals surface area contributed by atoms with Gasteiger partial charge in [-0.1, -0.05) is 19.3 Å². The van der Waals surface area contributed by atoms with Gasteiger partial charge in [-0.05, 0) is 39.5 Å². The maximum Gasteiger partial charge on any atom is 0.310 e. The Labute approximate surface area is 127 Å². The maximum absolute atomic E-state index is 12.6. The molecule has 21 heavy (non-hydrogen) atoms. The van der Waals surface area contributed by atoms with Crippen molar-refractivity contribution in [2.75, 3.05) is 6.54 Å². The lowest BCUT2D eigenvalue weighted by Crippen LogP contribution is -2.57. The van der Waals surface area contributed by atoms with Gasteiger partial charge in [0.15, 0.2) is 0 Å². The number of hydrogen-bond acceptors (Lipinski definition) is 3. The molecule has 3 atom stereocenters. The highest BCUT2D eigenvalue weighted by atomic mass is 32.2. The Morgan fingerprint density at radius 3 is 2.52 bits per heavy atom. The Hall–Kier alpha value is -0.660. The van der Waals surface area contributed by atoms with E-state index in [2.05, 4.69) is 4.72 Å². The van der Waals surface area contributed by atoms with Crippen LogP contribution in [0.25, 0.3) is 0 Å². The molecule has 0 aromatic carbocycles. The lowest BCUT2D eigenvalue weighted by molar-refractivity contribution is -0.151. The molecular formula is C14H26N2O4S. The zero-order valence-corrected chi connectivity index (χ0v) is 13.7. The van der Waals surface area contributed by atoms with Crippen LogP contribution in [-0.4, -0.2) is 42.4 Å². The van der Waals surface area contributed by atoms with E-state index in [1.165, 1.54) is 4.31 Å². The molecule has 2 rings (SSSR count). The van der Waals surface area contributed by atoms with Crippen molar-refractivity contribution >= 4 is 16.2 Å². The number of rotatable bonds is 4. The fourth-order valence-electron chi connectivity index (χ4n) is 3.45. The zero-order valence-electron chi connectivity index (χ0n) is 12.8. The Morgan fingerprint density at radius 1 is 1.24 bits per heavy atom. The summed E-state index contributed by atoms with van der Waals surface area (Å²) in [5.74, 6) is -0.915. The van der Waals surface area contributed by atoms with Gasteiger partial charge < -0.3 is 5.11 Å². The lowest BCUT2D eigenvalue weighted by atomic mass is 9.72. The van der Waals surface area contributed by atoms with Crippen LogP contribution < -0.4 is 4.72 Å². The second-order valence-electron chi connectivity index (χ2n) is 6.60. The Kier molecular flexibility index (Phi) is 4.95. The van der Waals surface area contributed by atoms with Crippen molar-refractivity contribution in [2.45, 2.75) is 70.9 Å². The fraction of sp³-hybridized carbons (Fsp3) is 0.929. The molecule has 1 aliphatic carbocycles. The SMILES string of the molecule is CC1CCCCN1S(=O)(=O)NC1CCCCC1(C)C(=O)O.